The van der Waals surface area contributed by atoms with Crippen molar-refractivity contribution >= 4 is 0 Å². The van der Waals surface area contributed by atoms with Gasteiger partial charge in [-0.05, 0) is 29.4 Å². The van der Waals surface area contributed by atoms with E-state index < -0.39 is 0 Å². The number of hydrogen-bond acceptors (Lipinski definition) is 1. The molecular formula is C14H21N. The molecule has 0 aliphatic heterocycles. The minimum Gasteiger partial charge on any atom is -0.310 e. The van der Waals surface area contributed by atoms with Crippen LogP contribution in [0.3, 0.4) is 0 Å². The average molecular weight is 203 g/mol. The first kappa shape index (κ1) is 10.7. The quantitative estimate of drug-likeness (QED) is 0.795. The number of rotatable bonds is 3. The van der Waals surface area contributed by atoms with Gasteiger partial charge < -0.3 is 5.32 Å². The molecule has 1 aliphatic carbocycles. The summed E-state index contributed by atoms with van der Waals surface area (Å²) in [6.07, 6.45) is 2.72. The Morgan fingerprint density at radius 2 is 1.73 bits per heavy atom. The molecule has 0 atom stereocenters. The molecule has 0 unspecified atom stereocenters. The minimum absolute atomic E-state index is 0.266. The number of nitrogens with one attached hydrogen (secondary N) is 1. The zero-order valence-corrected chi connectivity index (χ0v) is 10.0. The third kappa shape index (κ3) is 3.07. The molecule has 1 aromatic carbocycles. The molecule has 0 heterocycles. The summed E-state index contributed by atoms with van der Waals surface area (Å²) in [4.78, 5) is 0. The van der Waals surface area contributed by atoms with Crippen molar-refractivity contribution < 1.29 is 0 Å². The Labute approximate surface area is 92.9 Å². The molecule has 1 saturated carbocycles. The Hall–Kier alpha value is -0.820. The summed E-state index contributed by atoms with van der Waals surface area (Å²) in [5, 5.41) is 3.53. The zero-order valence-electron chi connectivity index (χ0n) is 10.0. The highest BCUT2D eigenvalue weighted by Crippen LogP contribution is 2.23. The van der Waals surface area contributed by atoms with Gasteiger partial charge in [0, 0.05) is 12.6 Å². The van der Waals surface area contributed by atoms with Gasteiger partial charge in [-0.3, -0.25) is 0 Å². The van der Waals surface area contributed by atoms with Gasteiger partial charge in [0.05, 0.1) is 0 Å². The van der Waals surface area contributed by atoms with Crippen LogP contribution >= 0.6 is 0 Å². The lowest BCUT2D eigenvalue weighted by Crippen LogP contribution is -2.16. The van der Waals surface area contributed by atoms with Crippen LogP contribution in [0, 0.1) is 0 Å². The molecule has 15 heavy (non-hydrogen) atoms. The Morgan fingerprint density at radius 1 is 1.13 bits per heavy atom. The van der Waals surface area contributed by atoms with Crippen LogP contribution in [0.15, 0.2) is 24.3 Å². The molecule has 82 valence electrons. The van der Waals surface area contributed by atoms with Crippen LogP contribution in [0.4, 0.5) is 0 Å². The largest absolute Gasteiger partial charge is 0.310 e. The second-order valence-electron chi connectivity index (χ2n) is 5.60. The molecule has 1 aromatic rings. The summed E-state index contributed by atoms with van der Waals surface area (Å²) in [6, 6.07) is 9.80. The number of benzene rings is 1. The van der Waals surface area contributed by atoms with E-state index in [0.717, 1.165) is 12.6 Å². The summed E-state index contributed by atoms with van der Waals surface area (Å²) in [5.41, 5.74) is 3.08. The Bertz CT molecular complexity index is 314. The van der Waals surface area contributed by atoms with Crippen molar-refractivity contribution in [2.45, 2.75) is 51.6 Å². The second kappa shape index (κ2) is 3.97. The molecule has 0 bridgehead atoms. The van der Waals surface area contributed by atoms with Gasteiger partial charge in [-0.15, -0.1) is 0 Å². The Kier molecular flexibility index (Phi) is 2.83. The first-order valence-electron chi connectivity index (χ1n) is 5.88. The normalized spacial score (nSPS) is 16.7. The fraction of sp³-hybridized carbons (Fsp3) is 0.571. The SMILES string of the molecule is CC(C)(C)c1ccc(CNC2CC2)cc1. The van der Waals surface area contributed by atoms with Crippen LogP contribution in [0.25, 0.3) is 0 Å². The van der Waals surface area contributed by atoms with E-state index >= 15 is 0 Å². The lowest BCUT2D eigenvalue weighted by Gasteiger charge is -2.19. The van der Waals surface area contributed by atoms with Crippen molar-refractivity contribution in [3.05, 3.63) is 35.4 Å². The van der Waals surface area contributed by atoms with Crippen molar-refractivity contribution in [1.29, 1.82) is 0 Å². The third-order valence-corrected chi connectivity index (χ3v) is 2.99. The topological polar surface area (TPSA) is 12.0 Å². The minimum atomic E-state index is 0.266. The summed E-state index contributed by atoms with van der Waals surface area (Å²) in [7, 11) is 0. The van der Waals surface area contributed by atoms with Crippen molar-refractivity contribution in [3.8, 4) is 0 Å². The maximum absolute atomic E-state index is 3.53. The molecule has 0 spiro atoms. The van der Waals surface area contributed by atoms with Gasteiger partial charge in [0.2, 0.25) is 0 Å². The molecule has 1 heteroatoms. The summed E-state index contributed by atoms with van der Waals surface area (Å²) in [5.74, 6) is 0. The summed E-state index contributed by atoms with van der Waals surface area (Å²) >= 11 is 0. The van der Waals surface area contributed by atoms with Crippen LogP contribution in [0.2, 0.25) is 0 Å². The average Bonchev–Trinajstić information content (AvgIpc) is 2.97. The van der Waals surface area contributed by atoms with E-state index in [2.05, 4.69) is 50.4 Å². The molecular weight excluding hydrogens is 182 g/mol. The standard InChI is InChI=1S/C14H21N/c1-14(2,3)12-6-4-11(5-7-12)10-15-13-8-9-13/h4-7,13,15H,8-10H2,1-3H3. The highest BCUT2D eigenvalue weighted by molar-refractivity contribution is 5.27. The van der Waals surface area contributed by atoms with E-state index in [4.69, 9.17) is 0 Å². The predicted octanol–water partition coefficient (Wildman–Crippen LogP) is 3.24. The van der Waals surface area contributed by atoms with Crippen LogP contribution in [0.5, 0.6) is 0 Å². The maximum Gasteiger partial charge on any atom is 0.0208 e. The lowest BCUT2D eigenvalue weighted by molar-refractivity contribution is 0.589. The molecule has 2 rings (SSSR count). The van der Waals surface area contributed by atoms with E-state index in [1.54, 1.807) is 0 Å². The predicted molar refractivity (Wildman–Crippen MR) is 65.0 cm³/mol. The first-order chi connectivity index (χ1) is 7.05. The highest BCUT2D eigenvalue weighted by Gasteiger charge is 2.20. The van der Waals surface area contributed by atoms with Crippen molar-refractivity contribution in [1.82, 2.24) is 5.32 Å². The van der Waals surface area contributed by atoms with Crippen LogP contribution in [-0.2, 0) is 12.0 Å². The summed E-state index contributed by atoms with van der Waals surface area (Å²) < 4.78 is 0. The maximum atomic E-state index is 3.53. The van der Waals surface area contributed by atoms with Crippen LogP contribution in [-0.4, -0.2) is 6.04 Å². The summed E-state index contributed by atoms with van der Waals surface area (Å²) in [6.45, 7) is 7.79. The van der Waals surface area contributed by atoms with Crippen molar-refractivity contribution in [2.24, 2.45) is 0 Å². The highest BCUT2D eigenvalue weighted by atomic mass is 14.9. The van der Waals surface area contributed by atoms with Gasteiger partial charge in [-0.25, -0.2) is 0 Å². The molecule has 1 fully saturated rings. The van der Waals surface area contributed by atoms with Gasteiger partial charge in [0.25, 0.3) is 0 Å². The molecule has 0 aromatic heterocycles. The van der Waals surface area contributed by atoms with Crippen LogP contribution < -0.4 is 5.32 Å². The fourth-order valence-corrected chi connectivity index (χ4v) is 1.67. The van der Waals surface area contributed by atoms with Gasteiger partial charge >= 0.3 is 0 Å². The monoisotopic (exact) mass is 203 g/mol. The second-order valence-corrected chi connectivity index (χ2v) is 5.60. The van der Waals surface area contributed by atoms with Gasteiger partial charge in [0.1, 0.15) is 0 Å². The zero-order chi connectivity index (χ0) is 10.9. The first-order valence-corrected chi connectivity index (χ1v) is 5.88. The number of hydrogen-bond donors (Lipinski definition) is 1. The van der Waals surface area contributed by atoms with E-state index in [0.29, 0.717) is 0 Å². The van der Waals surface area contributed by atoms with Crippen molar-refractivity contribution in [3.63, 3.8) is 0 Å². The van der Waals surface area contributed by atoms with Gasteiger partial charge in [0.15, 0.2) is 0 Å². The smallest absolute Gasteiger partial charge is 0.0208 e. The molecule has 1 nitrogen and oxygen atoms in total. The van der Waals surface area contributed by atoms with E-state index in [9.17, 15) is 0 Å². The molecule has 0 amide bonds. The van der Waals surface area contributed by atoms with E-state index in [1.165, 1.54) is 24.0 Å². The fourth-order valence-electron chi connectivity index (χ4n) is 1.67. The Morgan fingerprint density at radius 3 is 2.20 bits per heavy atom. The van der Waals surface area contributed by atoms with E-state index in [-0.39, 0.29) is 5.41 Å². The Balaban J connectivity index is 1.96. The molecule has 0 radical (unpaired) electrons. The lowest BCUT2D eigenvalue weighted by atomic mass is 9.87. The molecule has 1 aliphatic rings. The van der Waals surface area contributed by atoms with E-state index in [1.807, 2.05) is 0 Å². The van der Waals surface area contributed by atoms with Crippen LogP contribution in [0.1, 0.15) is 44.7 Å². The van der Waals surface area contributed by atoms with Crippen molar-refractivity contribution in [2.75, 3.05) is 0 Å². The van der Waals surface area contributed by atoms with Gasteiger partial charge in [-0.2, -0.15) is 0 Å². The molecule has 1 N–H and O–H groups in total. The van der Waals surface area contributed by atoms with Gasteiger partial charge in [-0.1, -0.05) is 45.0 Å². The third-order valence-electron chi connectivity index (χ3n) is 2.99. The molecule has 0 saturated heterocycles.